The van der Waals surface area contributed by atoms with Gasteiger partial charge in [0.25, 0.3) is 0 Å². The third-order valence-electron chi connectivity index (χ3n) is 6.05. The Morgan fingerprint density at radius 1 is 1.21 bits per heavy atom. The zero-order valence-electron chi connectivity index (χ0n) is 21.6. The van der Waals surface area contributed by atoms with Crippen LogP contribution in [-0.4, -0.2) is 58.8 Å². The highest BCUT2D eigenvalue weighted by molar-refractivity contribution is 5.92. The number of nitrogens with one attached hydrogen (secondary N) is 2. The van der Waals surface area contributed by atoms with E-state index in [1.165, 1.54) is 0 Å². The third kappa shape index (κ3) is 7.45. The van der Waals surface area contributed by atoms with Crippen molar-refractivity contribution in [3.8, 4) is 0 Å². The average molecular weight is 476 g/mol. The summed E-state index contributed by atoms with van der Waals surface area (Å²) in [7, 11) is 0. The van der Waals surface area contributed by atoms with E-state index in [1.54, 1.807) is 25.7 Å². The standard InChI is InChI=1S/C26H41N3O5/c1-8-9-12-27-23(31)22(19-11-10-16(2)17(3)13-19)29(21-14-18(21)4)24(32)20(15-30)28-25(33)34-26(5,6)7/h10-11,13,18,20-22,30H,8-9,12,14-15H2,1-7H3,(H,27,31)(H,28,33). The third-order valence-corrected chi connectivity index (χ3v) is 6.05. The van der Waals surface area contributed by atoms with Crippen molar-refractivity contribution in [1.82, 2.24) is 15.5 Å². The Labute approximate surface area is 203 Å². The number of nitrogens with zero attached hydrogens (tertiary/aromatic N) is 1. The SMILES string of the molecule is CCCCNC(=O)C(c1ccc(C)c(C)c1)N(C(=O)C(CO)NC(=O)OC(C)(C)C)C1CC1C. The Balaban J connectivity index is 2.42. The van der Waals surface area contributed by atoms with Crippen LogP contribution in [0.1, 0.15) is 76.6 Å². The summed E-state index contributed by atoms with van der Waals surface area (Å²) >= 11 is 0. The Kier molecular flexibility index (Phi) is 9.50. The van der Waals surface area contributed by atoms with E-state index in [0.717, 1.165) is 30.4 Å². The maximum atomic E-state index is 13.7. The van der Waals surface area contributed by atoms with Gasteiger partial charge in [-0.25, -0.2) is 4.79 Å². The number of aliphatic hydroxyl groups is 1. The summed E-state index contributed by atoms with van der Waals surface area (Å²) in [6, 6.07) is 3.49. The molecule has 1 aromatic rings. The van der Waals surface area contributed by atoms with Crippen molar-refractivity contribution in [2.75, 3.05) is 13.2 Å². The van der Waals surface area contributed by atoms with Gasteiger partial charge in [0.15, 0.2) is 0 Å². The van der Waals surface area contributed by atoms with Gasteiger partial charge < -0.3 is 25.4 Å². The van der Waals surface area contributed by atoms with Gasteiger partial charge in [0.2, 0.25) is 11.8 Å². The first-order valence-corrected chi connectivity index (χ1v) is 12.2. The molecule has 1 aliphatic carbocycles. The minimum Gasteiger partial charge on any atom is -0.444 e. The Bertz CT molecular complexity index is 880. The Morgan fingerprint density at radius 2 is 1.85 bits per heavy atom. The summed E-state index contributed by atoms with van der Waals surface area (Å²) < 4.78 is 5.27. The zero-order chi connectivity index (χ0) is 25.6. The van der Waals surface area contributed by atoms with Crippen LogP contribution >= 0.6 is 0 Å². The largest absolute Gasteiger partial charge is 0.444 e. The van der Waals surface area contributed by atoms with E-state index in [4.69, 9.17) is 4.74 Å². The fraction of sp³-hybridized carbons (Fsp3) is 0.654. The number of ether oxygens (including phenoxy) is 1. The van der Waals surface area contributed by atoms with E-state index in [-0.39, 0.29) is 17.9 Å². The molecule has 1 aliphatic rings. The summed E-state index contributed by atoms with van der Waals surface area (Å²) in [6.07, 6.45) is 1.72. The van der Waals surface area contributed by atoms with E-state index < -0.39 is 36.3 Å². The molecular formula is C26H41N3O5. The lowest BCUT2D eigenvalue weighted by Crippen LogP contribution is -2.55. The molecule has 1 saturated carbocycles. The van der Waals surface area contributed by atoms with Crippen molar-refractivity contribution < 1.29 is 24.2 Å². The highest BCUT2D eigenvalue weighted by Crippen LogP contribution is 2.41. The van der Waals surface area contributed by atoms with Gasteiger partial charge in [-0.3, -0.25) is 9.59 Å². The van der Waals surface area contributed by atoms with Gasteiger partial charge in [0, 0.05) is 12.6 Å². The number of rotatable bonds is 10. The lowest BCUT2D eigenvalue weighted by molar-refractivity contribution is -0.144. The van der Waals surface area contributed by atoms with Crippen molar-refractivity contribution in [1.29, 1.82) is 0 Å². The van der Waals surface area contributed by atoms with Gasteiger partial charge in [-0.15, -0.1) is 0 Å². The first kappa shape index (κ1) is 27.6. The highest BCUT2D eigenvalue weighted by atomic mass is 16.6. The van der Waals surface area contributed by atoms with Crippen molar-refractivity contribution in [2.45, 2.75) is 91.5 Å². The number of unbranched alkanes of at least 4 members (excludes halogenated alkanes) is 1. The molecule has 3 amide bonds. The quantitative estimate of drug-likeness (QED) is 0.450. The van der Waals surface area contributed by atoms with E-state index in [9.17, 15) is 19.5 Å². The predicted molar refractivity (Wildman–Crippen MR) is 131 cm³/mol. The number of hydrogen-bond donors (Lipinski definition) is 3. The van der Waals surface area contributed by atoms with Crippen LogP contribution in [0.15, 0.2) is 18.2 Å². The van der Waals surface area contributed by atoms with Crippen LogP contribution in [0, 0.1) is 19.8 Å². The number of amides is 3. The second-order valence-corrected chi connectivity index (χ2v) is 10.3. The van der Waals surface area contributed by atoms with Crippen LogP contribution in [0.25, 0.3) is 0 Å². The summed E-state index contributed by atoms with van der Waals surface area (Å²) in [4.78, 5) is 41.1. The molecular weight excluding hydrogens is 434 g/mol. The smallest absolute Gasteiger partial charge is 0.408 e. The summed E-state index contributed by atoms with van der Waals surface area (Å²) in [6.45, 7) is 13.1. The maximum Gasteiger partial charge on any atom is 0.408 e. The van der Waals surface area contributed by atoms with Crippen LogP contribution in [0.3, 0.4) is 0 Å². The predicted octanol–water partition coefficient (Wildman–Crippen LogP) is 3.38. The molecule has 0 spiro atoms. The first-order valence-electron chi connectivity index (χ1n) is 12.2. The monoisotopic (exact) mass is 475 g/mol. The lowest BCUT2D eigenvalue weighted by Gasteiger charge is -2.35. The van der Waals surface area contributed by atoms with Crippen LogP contribution in [0.4, 0.5) is 4.79 Å². The molecule has 2 rings (SSSR count). The number of carbonyl (C=O) groups excluding carboxylic acids is 3. The first-order chi connectivity index (χ1) is 15.9. The van der Waals surface area contributed by atoms with Crippen LogP contribution in [-0.2, 0) is 14.3 Å². The molecule has 4 unspecified atom stereocenters. The summed E-state index contributed by atoms with van der Waals surface area (Å²) in [5.41, 5.74) is 2.06. The lowest BCUT2D eigenvalue weighted by atomic mass is 9.98. The molecule has 8 heteroatoms. The molecule has 190 valence electrons. The van der Waals surface area contributed by atoms with Crippen molar-refractivity contribution >= 4 is 17.9 Å². The second kappa shape index (κ2) is 11.7. The van der Waals surface area contributed by atoms with Gasteiger partial charge in [-0.05, 0) is 70.1 Å². The minimum atomic E-state index is -1.22. The van der Waals surface area contributed by atoms with Gasteiger partial charge in [0.05, 0.1) is 6.61 Å². The summed E-state index contributed by atoms with van der Waals surface area (Å²) in [5.74, 6) is -0.558. The van der Waals surface area contributed by atoms with Crippen molar-refractivity contribution in [2.24, 2.45) is 5.92 Å². The molecule has 34 heavy (non-hydrogen) atoms. The Hall–Kier alpha value is -2.61. The molecule has 4 atom stereocenters. The van der Waals surface area contributed by atoms with Gasteiger partial charge >= 0.3 is 6.09 Å². The normalized spacial score (nSPS) is 19.1. The molecule has 3 N–H and O–H groups in total. The van der Waals surface area contributed by atoms with E-state index in [0.29, 0.717) is 12.1 Å². The fourth-order valence-corrected chi connectivity index (χ4v) is 3.85. The van der Waals surface area contributed by atoms with Crippen molar-refractivity contribution in [3.63, 3.8) is 0 Å². The molecule has 0 heterocycles. The minimum absolute atomic E-state index is 0.162. The number of carbonyl (C=O) groups is 3. The van der Waals surface area contributed by atoms with Crippen LogP contribution < -0.4 is 10.6 Å². The topological polar surface area (TPSA) is 108 Å². The van der Waals surface area contributed by atoms with E-state index in [2.05, 4.69) is 10.6 Å². The molecule has 1 fully saturated rings. The molecule has 0 radical (unpaired) electrons. The van der Waals surface area contributed by atoms with Gasteiger partial charge in [0.1, 0.15) is 17.7 Å². The Morgan fingerprint density at radius 3 is 2.35 bits per heavy atom. The fourth-order valence-electron chi connectivity index (χ4n) is 3.85. The van der Waals surface area contributed by atoms with Crippen molar-refractivity contribution in [3.05, 3.63) is 34.9 Å². The number of aryl methyl sites for hydroxylation is 2. The van der Waals surface area contributed by atoms with Gasteiger partial charge in [-0.2, -0.15) is 0 Å². The molecule has 0 aliphatic heterocycles. The number of aliphatic hydroxyl groups excluding tert-OH is 1. The molecule has 0 saturated heterocycles. The number of benzene rings is 1. The van der Waals surface area contributed by atoms with Gasteiger partial charge in [-0.1, -0.05) is 38.5 Å². The van der Waals surface area contributed by atoms with E-state index >= 15 is 0 Å². The highest BCUT2D eigenvalue weighted by Gasteiger charge is 2.48. The van der Waals surface area contributed by atoms with Crippen LogP contribution in [0.2, 0.25) is 0 Å². The number of hydrogen-bond acceptors (Lipinski definition) is 5. The molecule has 1 aromatic carbocycles. The average Bonchev–Trinajstić information content (AvgIpc) is 3.46. The maximum absolute atomic E-state index is 13.7. The zero-order valence-corrected chi connectivity index (χ0v) is 21.6. The number of alkyl carbamates (subject to hydrolysis) is 1. The molecule has 0 aromatic heterocycles. The second-order valence-electron chi connectivity index (χ2n) is 10.3. The summed E-state index contributed by atoms with van der Waals surface area (Å²) in [5, 5.41) is 15.4. The molecule has 8 nitrogen and oxygen atoms in total. The molecule has 0 bridgehead atoms. The van der Waals surface area contributed by atoms with E-state index in [1.807, 2.05) is 45.9 Å². The van der Waals surface area contributed by atoms with Crippen LogP contribution in [0.5, 0.6) is 0 Å².